The van der Waals surface area contributed by atoms with Crippen molar-refractivity contribution in [2.24, 2.45) is 0 Å². The van der Waals surface area contributed by atoms with Gasteiger partial charge in [0, 0.05) is 22.8 Å². The summed E-state index contributed by atoms with van der Waals surface area (Å²) in [6.45, 7) is 5.78. The number of hydrogen-bond acceptors (Lipinski definition) is 2. The summed E-state index contributed by atoms with van der Waals surface area (Å²) >= 11 is 12.2. The summed E-state index contributed by atoms with van der Waals surface area (Å²) in [4.78, 5) is 12.6. The summed E-state index contributed by atoms with van der Waals surface area (Å²) in [5.41, 5.74) is 5.11. The molecule has 0 atom stereocenters. The van der Waals surface area contributed by atoms with E-state index in [1.165, 1.54) is 0 Å². The Morgan fingerprint density at radius 3 is 2.45 bits per heavy atom. The van der Waals surface area contributed by atoms with Gasteiger partial charge in [0.2, 0.25) is 0 Å². The van der Waals surface area contributed by atoms with Crippen molar-refractivity contribution >= 4 is 40.9 Å². The number of nitrogens with one attached hydrogen (secondary N) is 1. The van der Waals surface area contributed by atoms with Crippen LogP contribution in [0.3, 0.4) is 0 Å². The third kappa shape index (κ3) is 4.37. The molecule has 1 amide bonds. The van der Waals surface area contributed by atoms with Gasteiger partial charge in [0.05, 0.1) is 10.0 Å². The Balaban J connectivity index is 1.96. The first-order valence-corrected chi connectivity index (χ1v) is 9.70. The lowest BCUT2D eigenvalue weighted by Crippen LogP contribution is -2.14. The molecule has 0 saturated heterocycles. The second kappa shape index (κ2) is 8.57. The van der Waals surface area contributed by atoms with Gasteiger partial charge < -0.3 is 9.88 Å². The van der Waals surface area contributed by atoms with Gasteiger partial charge in [-0.2, -0.15) is 5.26 Å². The molecule has 1 aromatic heterocycles. The van der Waals surface area contributed by atoms with Crippen molar-refractivity contribution in [3.63, 3.8) is 0 Å². The number of carbonyl (C=O) groups is 1. The number of rotatable bonds is 4. The number of hydrogen-bond donors (Lipinski definition) is 1. The first kappa shape index (κ1) is 20.7. The van der Waals surface area contributed by atoms with E-state index in [4.69, 9.17) is 23.2 Å². The van der Waals surface area contributed by atoms with Crippen molar-refractivity contribution in [1.82, 2.24) is 4.57 Å². The zero-order chi connectivity index (χ0) is 21.1. The maximum Gasteiger partial charge on any atom is 0.266 e. The first-order valence-electron chi connectivity index (χ1n) is 8.95. The molecular formula is C23H19Cl2N3O. The number of amides is 1. The highest BCUT2D eigenvalue weighted by molar-refractivity contribution is 6.42. The minimum Gasteiger partial charge on any atom is -0.321 e. The van der Waals surface area contributed by atoms with E-state index in [0.29, 0.717) is 15.7 Å². The summed E-state index contributed by atoms with van der Waals surface area (Å²) in [5.74, 6) is -0.443. The number of para-hydroxylation sites is 1. The first-order chi connectivity index (χ1) is 13.8. The highest BCUT2D eigenvalue weighted by atomic mass is 35.5. The van der Waals surface area contributed by atoms with Crippen molar-refractivity contribution in [2.45, 2.75) is 20.8 Å². The standard InChI is InChI=1S/C23H19Cl2N3O/c1-14-6-4-5-7-22(14)27-23(29)18(13-26)11-17-10-15(2)28(16(17)3)19-8-9-20(24)21(25)12-19/h4-12H,1-3H3,(H,27,29)/b18-11+. The fraction of sp³-hybridized carbons (Fsp3) is 0.130. The number of aromatic nitrogens is 1. The molecule has 29 heavy (non-hydrogen) atoms. The Kier molecular flexibility index (Phi) is 6.12. The van der Waals surface area contributed by atoms with E-state index in [-0.39, 0.29) is 5.57 Å². The van der Waals surface area contributed by atoms with Gasteiger partial charge in [-0.1, -0.05) is 41.4 Å². The highest BCUT2D eigenvalue weighted by Gasteiger charge is 2.15. The van der Waals surface area contributed by atoms with Crippen molar-refractivity contribution in [3.8, 4) is 11.8 Å². The van der Waals surface area contributed by atoms with Crippen molar-refractivity contribution in [3.05, 3.63) is 86.7 Å². The molecule has 1 N–H and O–H groups in total. The monoisotopic (exact) mass is 423 g/mol. The lowest BCUT2D eigenvalue weighted by Gasteiger charge is -2.11. The second-order valence-electron chi connectivity index (χ2n) is 6.70. The molecule has 0 unspecified atom stereocenters. The molecule has 0 saturated carbocycles. The lowest BCUT2D eigenvalue weighted by molar-refractivity contribution is -0.112. The number of carbonyl (C=O) groups excluding carboxylic acids is 1. The van der Waals surface area contributed by atoms with Crippen molar-refractivity contribution in [2.75, 3.05) is 5.32 Å². The third-order valence-electron chi connectivity index (χ3n) is 4.69. The van der Waals surface area contributed by atoms with E-state index >= 15 is 0 Å². The molecule has 0 aliphatic carbocycles. The van der Waals surface area contributed by atoms with Gasteiger partial charge in [-0.25, -0.2) is 0 Å². The number of aryl methyl sites for hydroxylation is 2. The zero-order valence-electron chi connectivity index (χ0n) is 16.3. The summed E-state index contributed by atoms with van der Waals surface area (Å²) in [5, 5.41) is 13.3. The maximum absolute atomic E-state index is 12.6. The van der Waals surface area contributed by atoms with E-state index < -0.39 is 5.91 Å². The van der Waals surface area contributed by atoms with Crippen molar-refractivity contribution < 1.29 is 4.79 Å². The van der Waals surface area contributed by atoms with Gasteiger partial charge in [-0.15, -0.1) is 0 Å². The van der Waals surface area contributed by atoms with Crippen LogP contribution in [0.15, 0.2) is 54.1 Å². The van der Waals surface area contributed by atoms with Gasteiger partial charge in [0.1, 0.15) is 11.6 Å². The summed E-state index contributed by atoms with van der Waals surface area (Å²) in [7, 11) is 0. The number of nitriles is 1. The molecule has 1 heterocycles. The fourth-order valence-electron chi connectivity index (χ4n) is 3.16. The average molecular weight is 424 g/mol. The number of nitrogens with zero attached hydrogens (tertiary/aromatic N) is 2. The molecule has 146 valence electrons. The summed E-state index contributed by atoms with van der Waals surface area (Å²) in [6.07, 6.45) is 1.60. The molecule has 0 fully saturated rings. The number of halogens is 2. The highest BCUT2D eigenvalue weighted by Crippen LogP contribution is 2.28. The van der Waals surface area contributed by atoms with E-state index in [9.17, 15) is 10.1 Å². The molecule has 0 aliphatic heterocycles. The minimum atomic E-state index is -0.443. The van der Waals surface area contributed by atoms with Crippen LogP contribution < -0.4 is 5.32 Å². The fourth-order valence-corrected chi connectivity index (χ4v) is 3.45. The zero-order valence-corrected chi connectivity index (χ0v) is 17.8. The SMILES string of the molecule is Cc1ccccc1NC(=O)/C(C#N)=C/c1cc(C)n(-c2ccc(Cl)c(Cl)c2)c1C. The second-order valence-corrected chi connectivity index (χ2v) is 7.51. The number of anilines is 1. The maximum atomic E-state index is 12.6. The van der Waals surface area contributed by atoms with Gasteiger partial charge in [-0.3, -0.25) is 4.79 Å². The predicted octanol–water partition coefficient (Wildman–Crippen LogP) is 6.26. The third-order valence-corrected chi connectivity index (χ3v) is 5.43. The van der Waals surface area contributed by atoms with Crippen LogP contribution in [0.25, 0.3) is 11.8 Å². The Bertz CT molecular complexity index is 1170. The molecule has 0 radical (unpaired) electrons. The van der Waals surface area contributed by atoms with Crippen molar-refractivity contribution in [1.29, 1.82) is 5.26 Å². The van der Waals surface area contributed by atoms with E-state index in [1.807, 2.05) is 61.7 Å². The van der Waals surface area contributed by atoms with Crippen LogP contribution in [0, 0.1) is 32.1 Å². The Hall–Kier alpha value is -3.00. The van der Waals surface area contributed by atoms with Gasteiger partial charge in [0.25, 0.3) is 5.91 Å². The minimum absolute atomic E-state index is 0.0302. The van der Waals surface area contributed by atoms with Gasteiger partial charge >= 0.3 is 0 Å². The topological polar surface area (TPSA) is 57.8 Å². The molecule has 6 heteroatoms. The van der Waals surface area contributed by atoms with E-state index in [0.717, 1.165) is 28.2 Å². The Morgan fingerprint density at radius 2 is 1.79 bits per heavy atom. The Labute approximate surface area is 180 Å². The van der Waals surface area contributed by atoms with E-state index in [2.05, 4.69) is 5.32 Å². The Morgan fingerprint density at radius 1 is 1.07 bits per heavy atom. The molecular weight excluding hydrogens is 405 g/mol. The summed E-state index contributed by atoms with van der Waals surface area (Å²) in [6, 6.07) is 16.8. The van der Waals surface area contributed by atoms with Gasteiger partial charge in [-0.05, 0) is 68.3 Å². The molecule has 0 spiro atoms. The van der Waals surface area contributed by atoms with Crippen LogP contribution in [-0.2, 0) is 4.79 Å². The normalized spacial score (nSPS) is 11.2. The van der Waals surface area contributed by atoms with Gasteiger partial charge in [0.15, 0.2) is 0 Å². The van der Waals surface area contributed by atoms with E-state index in [1.54, 1.807) is 24.3 Å². The molecule has 4 nitrogen and oxygen atoms in total. The van der Waals surface area contributed by atoms with Crippen LogP contribution in [0.4, 0.5) is 5.69 Å². The van der Waals surface area contributed by atoms with Crippen LogP contribution in [0.1, 0.15) is 22.5 Å². The molecule has 0 aliphatic rings. The predicted molar refractivity (Wildman–Crippen MR) is 119 cm³/mol. The largest absolute Gasteiger partial charge is 0.321 e. The molecule has 2 aromatic carbocycles. The summed E-state index contributed by atoms with van der Waals surface area (Å²) < 4.78 is 2.00. The van der Waals surface area contributed by atoms with Crippen LogP contribution in [0.2, 0.25) is 10.0 Å². The van der Waals surface area contributed by atoms with Crippen LogP contribution in [0.5, 0.6) is 0 Å². The smallest absolute Gasteiger partial charge is 0.266 e. The van der Waals surface area contributed by atoms with Crippen LogP contribution >= 0.6 is 23.2 Å². The lowest BCUT2D eigenvalue weighted by atomic mass is 10.1. The quantitative estimate of drug-likeness (QED) is 0.397. The molecule has 0 bridgehead atoms. The molecule has 3 aromatic rings. The number of benzene rings is 2. The average Bonchev–Trinajstić information content (AvgIpc) is 2.97. The molecule has 3 rings (SSSR count). The van der Waals surface area contributed by atoms with Crippen LogP contribution in [-0.4, -0.2) is 10.5 Å².